The highest BCUT2D eigenvalue weighted by atomic mass is 16.7. The van der Waals surface area contributed by atoms with Gasteiger partial charge in [-0.05, 0) is 13.3 Å². The van der Waals surface area contributed by atoms with E-state index in [1.165, 1.54) is 0 Å². The summed E-state index contributed by atoms with van der Waals surface area (Å²) in [5.41, 5.74) is 0. The molecule has 0 N–H and O–H groups in total. The van der Waals surface area contributed by atoms with E-state index in [0.717, 1.165) is 38.7 Å². The van der Waals surface area contributed by atoms with Crippen LogP contribution >= 0.6 is 0 Å². The van der Waals surface area contributed by atoms with E-state index in [0.29, 0.717) is 19.6 Å². The number of hydrogen-bond acceptors (Lipinski definition) is 4. The first-order chi connectivity index (χ1) is 9.16. The Morgan fingerprint density at radius 2 is 1.89 bits per heavy atom. The molecule has 0 amide bonds. The van der Waals surface area contributed by atoms with Gasteiger partial charge in [0.15, 0.2) is 11.6 Å². The topological polar surface area (TPSA) is 36.9 Å². The monoisotopic (exact) mass is 274 g/mol. The molecule has 0 aromatic heterocycles. The van der Waals surface area contributed by atoms with Crippen LogP contribution in [-0.4, -0.2) is 38.5 Å². The number of unbranched alkanes of at least 4 members (excludes halogenated alkanes) is 1. The maximum Gasteiger partial charge on any atom is 0.175 e. The Hall–Kier alpha value is -0.160. The number of hydrogen-bond donors (Lipinski definition) is 0. The predicted octanol–water partition coefficient (Wildman–Crippen LogP) is 3.49. The molecular formula is C15H30O4. The van der Waals surface area contributed by atoms with Crippen LogP contribution < -0.4 is 0 Å². The van der Waals surface area contributed by atoms with Gasteiger partial charge in [-0.2, -0.15) is 0 Å². The minimum Gasteiger partial charge on any atom is -0.353 e. The lowest BCUT2D eigenvalue weighted by Crippen LogP contribution is -2.53. The van der Waals surface area contributed by atoms with E-state index in [-0.39, 0.29) is 0 Å². The summed E-state index contributed by atoms with van der Waals surface area (Å²) in [5.74, 6) is -1.08. The van der Waals surface area contributed by atoms with Crippen molar-refractivity contribution in [1.82, 2.24) is 0 Å². The van der Waals surface area contributed by atoms with Crippen LogP contribution in [0, 0.1) is 0 Å². The Morgan fingerprint density at radius 1 is 1.11 bits per heavy atom. The van der Waals surface area contributed by atoms with Crippen LogP contribution in [0.5, 0.6) is 0 Å². The highest BCUT2D eigenvalue weighted by molar-refractivity contribution is 4.86. The molecule has 0 aliphatic carbocycles. The Labute approximate surface area is 117 Å². The Kier molecular flexibility index (Phi) is 7.29. The molecule has 1 fully saturated rings. The fourth-order valence-corrected chi connectivity index (χ4v) is 2.67. The second-order valence-corrected chi connectivity index (χ2v) is 5.19. The minimum absolute atomic E-state index is 0.534. The molecule has 0 spiro atoms. The third kappa shape index (κ3) is 4.71. The van der Waals surface area contributed by atoms with Crippen molar-refractivity contribution in [2.75, 3.05) is 26.9 Å². The number of methoxy groups -OCH3 is 1. The lowest BCUT2D eigenvalue weighted by molar-refractivity contribution is -0.348. The van der Waals surface area contributed by atoms with E-state index in [1.807, 2.05) is 6.92 Å². The molecule has 1 aliphatic rings. The van der Waals surface area contributed by atoms with E-state index in [1.54, 1.807) is 7.11 Å². The van der Waals surface area contributed by atoms with Crippen molar-refractivity contribution in [1.29, 1.82) is 0 Å². The van der Waals surface area contributed by atoms with Crippen LogP contribution in [0.3, 0.4) is 0 Å². The first-order valence-electron chi connectivity index (χ1n) is 7.63. The highest BCUT2D eigenvalue weighted by Gasteiger charge is 2.47. The Morgan fingerprint density at radius 3 is 2.47 bits per heavy atom. The summed E-state index contributed by atoms with van der Waals surface area (Å²) in [4.78, 5) is 0. The Balaban J connectivity index is 2.72. The van der Waals surface area contributed by atoms with Crippen LogP contribution in [0.4, 0.5) is 0 Å². The smallest absolute Gasteiger partial charge is 0.175 e. The average molecular weight is 274 g/mol. The van der Waals surface area contributed by atoms with Crippen molar-refractivity contribution in [3.8, 4) is 0 Å². The van der Waals surface area contributed by atoms with Crippen LogP contribution in [-0.2, 0) is 18.9 Å². The van der Waals surface area contributed by atoms with Crippen LogP contribution in [0.15, 0.2) is 0 Å². The molecule has 114 valence electrons. The van der Waals surface area contributed by atoms with Crippen molar-refractivity contribution in [3.05, 3.63) is 0 Å². The molecule has 0 bridgehead atoms. The van der Waals surface area contributed by atoms with E-state index < -0.39 is 11.6 Å². The van der Waals surface area contributed by atoms with E-state index in [4.69, 9.17) is 18.9 Å². The van der Waals surface area contributed by atoms with Gasteiger partial charge < -0.3 is 18.9 Å². The van der Waals surface area contributed by atoms with Gasteiger partial charge in [0.25, 0.3) is 0 Å². The molecule has 1 aliphatic heterocycles. The third-order valence-corrected chi connectivity index (χ3v) is 3.66. The second kappa shape index (κ2) is 8.20. The lowest BCUT2D eigenvalue weighted by Gasteiger charge is -2.46. The standard InChI is InChI=1S/C15H30O4/c1-5-8-11-18-15(17-7-3)10-12-19-14(13-15,16-4)9-6-2/h5-13H2,1-4H3. The summed E-state index contributed by atoms with van der Waals surface area (Å²) in [5, 5.41) is 0. The van der Waals surface area contributed by atoms with Gasteiger partial charge in [0.05, 0.1) is 19.6 Å². The summed E-state index contributed by atoms with van der Waals surface area (Å²) in [6.07, 6.45) is 5.51. The highest BCUT2D eigenvalue weighted by Crippen LogP contribution is 2.39. The number of ether oxygens (including phenoxy) is 4. The predicted molar refractivity (Wildman–Crippen MR) is 75.1 cm³/mol. The van der Waals surface area contributed by atoms with Gasteiger partial charge in [-0.3, -0.25) is 0 Å². The molecule has 0 aromatic carbocycles. The van der Waals surface area contributed by atoms with Gasteiger partial charge in [-0.15, -0.1) is 0 Å². The molecule has 2 atom stereocenters. The van der Waals surface area contributed by atoms with E-state index in [2.05, 4.69) is 13.8 Å². The third-order valence-electron chi connectivity index (χ3n) is 3.66. The molecule has 1 saturated heterocycles. The van der Waals surface area contributed by atoms with E-state index >= 15 is 0 Å². The minimum atomic E-state index is -0.547. The van der Waals surface area contributed by atoms with Gasteiger partial charge in [-0.25, -0.2) is 0 Å². The summed E-state index contributed by atoms with van der Waals surface area (Å²) in [6, 6.07) is 0. The van der Waals surface area contributed by atoms with Crippen molar-refractivity contribution >= 4 is 0 Å². The second-order valence-electron chi connectivity index (χ2n) is 5.19. The van der Waals surface area contributed by atoms with Gasteiger partial charge in [0, 0.05) is 26.6 Å². The molecule has 19 heavy (non-hydrogen) atoms. The van der Waals surface area contributed by atoms with Crippen LogP contribution in [0.1, 0.15) is 59.3 Å². The molecule has 4 nitrogen and oxygen atoms in total. The SMILES string of the molecule is CCCCOC1(OCC)CCOC(CCC)(OC)C1. The summed E-state index contributed by atoms with van der Waals surface area (Å²) >= 11 is 0. The lowest BCUT2D eigenvalue weighted by atomic mass is 9.95. The van der Waals surface area contributed by atoms with Crippen molar-refractivity contribution in [3.63, 3.8) is 0 Å². The van der Waals surface area contributed by atoms with Crippen molar-refractivity contribution in [2.45, 2.75) is 70.9 Å². The molecule has 1 rings (SSSR count). The maximum atomic E-state index is 6.07. The first kappa shape index (κ1) is 16.9. The van der Waals surface area contributed by atoms with Gasteiger partial charge >= 0.3 is 0 Å². The summed E-state index contributed by atoms with van der Waals surface area (Å²) in [6.45, 7) is 8.32. The molecule has 0 radical (unpaired) electrons. The van der Waals surface area contributed by atoms with E-state index in [9.17, 15) is 0 Å². The van der Waals surface area contributed by atoms with Gasteiger partial charge in [-0.1, -0.05) is 26.7 Å². The zero-order valence-electron chi connectivity index (χ0n) is 13.0. The maximum absolute atomic E-state index is 6.07. The fourth-order valence-electron chi connectivity index (χ4n) is 2.67. The van der Waals surface area contributed by atoms with Crippen molar-refractivity contribution < 1.29 is 18.9 Å². The zero-order valence-corrected chi connectivity index (χ0v) is 13.0. The average Bonchev–Trinajstić information content (AvgIpc) is 2.40. The molecule has 0 saturated carbocycles. The fraction of sp³-hybridized carbons (Fsp3) is 1.00. The van der Waals surface area contributed by atoms with Crippen LogP contribution in [0.25, 0.3) is 0 Å². The number of rotatable bonds is 9. The van der Waals surface area contributed by atoms with Gasteiger partial charge in [0.1, 0.15) is 0 Å². The van der Waals surface area contributed by atoms with Crippen molar-refractivity contribution in [2.24, 2.45) is 0 Å². The molecule has 4 heteroatoms. The zero-order chi connectivity index (χ0) is 14.2. The Bertz CT molecular complexity index is 238. The first-order valence-corrected chi connectivity index (χ1v) is 7.63. The van der Waals surface area contributed by atoms with Crippen LogP contribution in [0.2, 0.25) is 0 Å². The summed E-state index contributed by atoms with van der Waals surface area (Å²) in [7, 11) is 1.71. The largest absolute Gasteiger partial charge is 0.353 e. The normalized spacial score (nSPS) is 31.6. The molecule has 2 unspecified atom stereocenters. The van der Waals surface area contributed by atoms with Gasteiger partial charge in [0.2, 0.25) is 0 Å². The molecule has 0 aromatic rings. The quantitative estimate of drug-likeness (QED) is 0.476. The molecule has 1 heterocycles. The molecular weight excluding hydrogens is 244 g/mol. The summed E-state index contributed by atoms with van der Waals surface area (Å²) < 4.78 is 23.5.